The molecule has 0 radical (unpaired) electrons. The Morgan fingerprint density at radius 1 is 1.56 bits per heavy atom. The summed E-state index contributed by atoms with van der Waals surface area (Å²) in [5.74, 6) is -0.663. The smallest absolute Gasteiger partial charge is 0.326 e. The number of aliphatic carboxylic acids is 1. The van der Waals surface area contributed by atoms with E-state index in [1.807, 2.05) is 0 Å². The van der Waals surface area contributed by atoms with Gasteiger partial charge < -0.3 is 14.4 Å². The minimum atomic E-state index is -0.938. The lowest BCUT2D eigenvalue weighted by Gasteiger charge is -2.20. The molecule has 0 aromatic carbocycles. The maximum atomic E-state index is 12.0. The number of nitrogens with zero attached hydrogens (tertiary/aromatic N) is 1. The SMILES string of the molecule is Cc1occc1C(=O)N1CCC[C@H]1C(=O)O. The second-order valence-electron chi connectivity index (χ2n) is 3.89. The van der Waals surface area contributed by atoms with Gasteiger partial charge in [-0.1, -0.05) is 0 Å². The van der Waals surface area contributed by atoms with Gasteiger partial charge in [-0.25, -0.2) is 4.79 Å². The summed E-state index contributed by atoms with van der Waals surface area (Å²) < 4.78 is 5.05. The zero-order valence-corrected chi connectivity index (χ0v) is 8.97. The first-order valence-electron chi connectivity index (χ1n) is 5.19. The number of amides is 1. The van der Waals surface area contributed by atoms with Crippen LogP contribution in [0.5, 0.6) is 0 Å². The molecule has 5 heteroatoms. The summed E-state index contributed by atoms with van der Waals surface area (Å²) in [6, 6.07) is 0.885. The molecule has 86 valence electrons. The van der Waals surface area contributed by atoms with Crippen molar-refractivity contribution in [3.63, 3.8) is 0 Å². The van der Waals surface area contributed by atoms with Crippen molar-refractivity contribution in [3.8, 4) is 0 Å². The quantitative estimate of drug-likeness (QED) is 0.819. The molecule has 1 atom stereocenters. The van der Waals surface area contributed by atoms with Crippen LogP contribution in [0, 0.1) is 6.92 Å². The third kappa shape index (κ3) is 1.68. The van der Waals surface area contributed by atoms with Gasteiger partial charge in [0, 0.05) is 6.54 Å². The van der Waals surface area contributed by atoms with Gasteiger partial charge in [0.1, 0.15) is 11.8 Å². The third-order valence-electron chi connectivity index (χ3n) is 2.89. The lowest BCUT2D eigenvalue weighted by molar-refractivity contribution is -0.141. The van der Waals surface area contributed by atoms with Crippen molar-refractivity contribution in [2.45, 2.75) is 25.8 Å². The number of furan rings is 1. The zero-order chi connectivity index (χ0) is 11.7. The molecule has 1 saturated heterocycles. The van der Waals surface area contributed by atoms with E-state index in [1.54, 1.807) is 13.0 Å². The third-order valence-corrected chi connectivity index (χ3v) is 2.89. The van der Waals surface area contributed by atoms with Crippen LogP contribution in [0.15, 0.2) is 16.7 Å². The Morgan fingerprint density at radius 2 is 2.31 bits per heavy atom. The summed E-state index contributed by atoms with van der Waals surface area (Å²) in [6.07, 6.45) is 2.70. The number of carboxylic acid groups (broad SMARTS) is 1. The summed E-state index contributed by atoms with van der Waals surface area (Å²) in [6.45, 7) is 2.19. The highest BCUT2D eigenvalue weighted by Crippen LogP contribution is 2.22. The number of hydrogen-bond donors (Lipinski definition) is 1. The summed E-state index contributed by atoms with van der Waals surface area (Å²) in [4.78, 5) is 24.4. The molecule has 1 fully saturated rings. The van der Waals surface area contributed by atoms with Crippen LogP contribution >= 0.6 is 0 Å². The van der Waals surface area contributed by atoms with Crippen molar-refractivity contribution in [1.29, 1.82) is 0 Å². The summed E-state index contributed by atoms with van der Waals surface area (Å²) >= 11 is 0. The van der Waals surface area contributed by atoms with Gasteiger partial charge in [0.05, 0.1) is 11.8 Å². The van der Waals surface area contributed by atoms with E-state index in [1.165, 1.54) is 11.2 Å². The second kappa shape index (κ2) is 4.00. The summed E-state index contributed by atoms with van der Waals surface area (Å²) in [7, 11) is 0. The van der Waals surface area contributed by atoms with Gasteiger partial charge in [-0.3, -0.25) is 4.79 Å². The van der Waals surface area contributed by atoms with E-state index in [0.29, 0.717) is 24.3 Å². The second-order valence-corrected chi connectivity index (χ2v) is 3.89. The topological polar surface area (TPSA) is 70.8 Å². The first-order chi connectivity index (χ1) is 7.61. The highest BCUT2D eigenvalue weighted by atomic mass is 16.4. The molecule has 5 nitrogen and oxygen atoms in total. The molecular formula is C11H13NO4. The fourth-order valence-corrected chi connectivity index (χ4v) is 2.03. The molecule has 1 aliphatic rings. The van der Waals surface area contributed by atoms with Gasteiger partial charge >= 0.3 is 5.97 Å². The number of aryl methyl sites for hydroxylation is 1. The van der Waals surface area contributed by atoms with Crippen molar-refractivity contribution in [2.75, 3.05) is 6.54 Å². The fraction of sp³-hybridized carbons (Fsp3) is 0.455. The fourth-order valence-electron chi connectivity index (χ4n) is 2.03. The van der Waals surface area contributed by atoms with E-state index in [4.69, 9.17) is 9.52 Å². The van der Waals surface area contributed by atoms with Crippen LogP contribution in [0.2, 0.25) is 0 Å². The molecule has 1 aromatic rings. The molecule has 1 aromatic heterocycles. The van der Waals surface area contributed by atoms with Crippen LogP contribution in [0.3, 0.4) is 0 Å². The molecule has 0 unspecified atom stereocenters. The van der Waals surface area contributed by atoms with Gasteiger partial charge in [-0.15, -0.1) is 0 Å². The Labute approximate surface area is 92.7 Å². The van der Waals surface area contributed by atoms with Crippen LogP contribution < -0.4 is 0 Å². The van der Waals surface area contributed by atoms with Crippen molar-refractivity contribution < 1.29 is 19.1 Å². The molecule has 16 heavy (non-hydrogen) atoms. The average molecular weight is 223 g/mol. The maximum absolute atomic E-state index is 12.0. The molecule has 2 rings (SSSR count). The van der Waals surface area contributed by atoms with Crippen LogP contribution in [-0.4, -0.2) is 34.5 Å². The van der Waals surface area contributed by atoms with Gasteiger partial charge in [0.15, 0.2) is 0 Å². The molecule has 0 spiro atoms. The van der Waals surface area contributed by atoms with E-state index in [9.17, 15) is 9.59 Å². The van der Waals surface area contributed by atoms with E-state index in [2.05, 4.69) is 0 Å². The lowest BCUT2D eigenvalue weighted by Crippen LogP contribution is -2.40. The van der Waals surface area contributed by atoms with Gasteiger partial charge in [0.2, 0.25) is 0 Å². The van der Waals surface area contributed by atoms with Crippen LogP contribution in [0.1, 0.15) is 29.0 Å². The first kappa shape index (κ1) is 10.7. The Kier molecular flexibility index (Phi) is 2.68. The van der Waals surface area contributed by atoms with E-state index in [-0.39, 0.29) is 5.91 Å². The minimum Gasteiger partial charge on any atom is -0.480 e. The van der Waals surface area contributed by atoms with Crippen LogP contribution in [0.25, 0.3) is 0 Å². The molecular weight excluding hydrogens is 210 g/mol. The minimum absolute atomic E-state index is 0.254. The largest absolute Gasteiger partial charge is 0.480 e. The number of hydrogen-bond acceptors (Lipinski definition) is 3. The number of carboxylic acids is 1. The first-order valence-corrected chi connectivity index (χ1v) is 5.19. The number of rotatable bonds is 2. The van der Waals surface area contributed by atoms with E-state index in [0.717, 1.165) is 6.42 Å². The van der Waals surface area contributed by atoms with Crippen LogP contribution in [-0.2, 0) is 4.79 Å². The Bertz CT molecular complexity index is 423. The molecule has 0 bridgehead atoms. The number of carbonyl (C=O) groups excluding carboxylic acids is 1. The molecule has 1 amide bonds. The normalized spacial score (nSPS) is 20.1. The Balaban J connectivity index is 2.22. The van der Waals surface area contributed by atoms with Crippen molar-refractivity contribution >= 4 is 11.9 Å². The maximum Gasteiger partial charge on any atom is 0.326 e. The zero-order valence-electron chi connectivity index (χ0n) is 8.97. The van der Waals surface area contributed by atoms with E-state index < -0.39 is 12.0 Å². The Hall–Kier alpha value is -1.78. The summed E-state index contributed by atoms with van der Waals surface area (Å²) in [5, 5.41) is 8.98. The number of likely N-dealkylation sites (tertiary alicyclic amines) is 1. The van der Waals surface area contributed by atoms with E-state index >= 15 is 0 Å². The van der Waals surface area contributed by atoms with Crippen molar-refractivity contribution in [1.82, 2.24) is 4.90 Å². The van der Waals surface area contributed by atoms with Crippen LogP contribution in [0.4, 0.5) is 0 Å². The van der Waals surface area contributed by atoms with Crippen molar-refractivity contribution in [2.24, 2.45) is 0 Å². The van der Waals surface area contributed by atoms with Gasteiger partial charge in [0.25, 0.3) is 5.91 Å². The highest BCUT2D eigenvalue weighted by Gasteiger charge is 2.35. The predicted molar refractivity (Wildman–Crippen MR) is 55.1 cm³/mol. The molecule has 2 heterocycles. The monoisotopic (exact) mass is 223 g/mol. The standard InChI is InChI=1S/C11H13NO4/c1-7-8(4-6-16-7)10(13)12-5-2-3-9(12)11(14)15/h4,6,9H,2-3,5H2,1H3,(H,14,15)/t9-/m0/s1. The average Bonchev–Trinajstić information content (AvgIpc) is 2.84. The van der Waals surface area contributed by atoms with Gasteiger partial charge in [-0.2, -0.15) is 0 Å². The van der Waals surface area contributed by atoms with Crippen molar-refractivity contribution in [3.05, 3.63) is 23.7 Å². The molecule has 1 aliphatic heterocycles. The molecule has 1 N–H and O–H groups in total. The Morgan fingerprint density at radius 3 is 2.88 bits per heavy atom. The molecule has 0 aliphatic carbocycles. The lowest BCUT2D eigenvalue weighted by atomic mass is 10.2. The highest BCUT2D eigenvalue weighted by molar-refractivity contribution is 5.97. The summed E-state index contributed by atoms with van der Waals surface area (Å²) in [5.41, 5.74) is 0.452. The van der Waals surface area contributed by atoms with Gasteiger partial charge in [-0.05, 0) is 25.8 Å². The predicted octanol–water partition coefficient (Wildman–Crippen LogP) is 1.28. The number of carbonyl (C=O) groups is 2. The molecule has 0 saturated carbocycles.